The molecule has 0 fully saturated rings. The molecule has 0 saturated carbocycles. The van der Waals surface area contributed by atoms with Crippen LogP contribution in [0.2, 0.25) is 0 Å². The van der Waals surface area contributed by atoms with Crippen LogP contribution in [0.1, 0.15) is 29.1 Å². The minimum atomic E-state index is -1.31. The van der Waals surface area contributed by atoms with Crippen LogP contribution >= 0.6 is 0 Å². The molecule has 1 aliphatic heterocycles. The Morgan fingerprint density at radius 1 is 1.59 bits per heavy atom. The number of benzene rings is 1. The molecule has 1 unspecified atom stereocenters. The summed E-state index contributed by atoms with van der Waals surface area (Å²) in [6, 6.07) is 4.51. The number of nitrogen functional groups attached to an aromatic ring is 1. The lowest BCUT2D eigenvalue weighted by molar-refractivity contribution is 0.0135. The van der Waals surface area contributed by atoms with Gasteiger partial charge in [0, 0.05) is 16.8 Å². The molecule has 0 aromatic heterocycles. The highest BCUT2D eigenvalue weighted by atomic mass is 16.6. The normalized spacial score (nSPS) is 18.1. The number of aliphatic hydroxyl groups excluding tert-OH is 1. The number of hydrogen-bond donors (Lipinski definition) is 2. The Balaban J connectivity index is 2.38. The summed E-state index contributed by atoms with van der Waals surface area (Å²) in [5.74, 6) is -0.599. The maximum atomic E-state index is 11.9. The first-order chi connectivity index (χ1) is 8.06. The first kappa shape index (κ1) is 11.4. The summed E-state index contributed by atoms with van der Waals surface area (Å²) in [7, 11) is 0. The number of nitrogens with two attached hydrogens (primary N) is 1. The zero-order valence-corrected chi connectivity index (χ0v) is 9.21. The van der Waals surface area contributed by atoms with Gasteiger partial charge in [0.1, 0.15) is 0 Å². The molecule has 1 aliphatic rings. The lowest BCUT2D eigenvalue weighted by Gasteiger charge is -2.17. The van der Waals surface area contributed by atoms with Gasteiger partial charge in [0.05, 0.1) is 6.61 Å². The maximum Gasteiger partial charge on any atom is 0.419 e. The highest BCUT2D eigenvalue weighted by Crippen LogP contribution is 2.33. The predicted molar refractivity (Wildman–Crippen MR) is 59.0 cm³/mol. The summed E-state index contributed by atoms with van der Waals surface area (Å²) in [6.07, 6.45) is -2.17. The van der Waals surface area contributed by atoms with E-state index in [0.29, 0.717) is 16.2 Å². The summed E-state index contributed by atoms with van der Waals surface area (Å²) >= 11 is 0. The van der Waals surface area contributed by atoms with Crippen molar-refractivity contribution in [2.45, 2.75) is 13.2 Å². The monoisotopic (exact) mass is 236 g/mol. The molecular formula is C11H12N2O4. The molecule has 0 radical (unpaired) electrons. The van der Waals surface area contributed by atoms with Gasteiger partial charge in [-0.1, -0.05) is 6.07 Å². The number of imide groups is 1. The van der Waals surface area contributed by atoms with Crippen LogP contribution in [0.15, 0.2) is 18.2 Å². The molecule has 0 saturated heterocycles. The lowest BCUT2D eigenvalue weighted by Crippen LogP contribution is -2.34. The van der Waals surface area contributed by atoms with E-state index in [1.807, 2.05) is 0 Å². The number of ether oxygens (including phenoxy) is 1. The fourth-order valence-electron chi connectivity index (χ4n) is 1.74. The standard InChI is InChI=1S/C11H12N2O4/c1-2-17-11(16)13-9(14)7-4-3-6(12)5-8(7)10(13)15/h3-5,9,14H,2,12H2,1H3. The van der Waals surface area contributed by atoms with E-state index in [1.165, 1.54) is 12.1 Å². The molecule has 0 spiro atoms. The predicted octanol–water partition coefficient (Wildman–Crippen LogP) is 0.872. The Morgan fingerprint density at radius 3 is 2.94 bits per heavy atom. The number of anilines is 1. The highest BCUT2D eigenvalue weighted by molar-refractivity contribution is 6.07. The van der Waals surface area contributed by atoms with Crippen LogP contribution in [0.3, 0.4) is 0 Å². The van der Waals surface area contributed by atoms with Crippen molar-refractivity contribution in [3.8, 4) is 0 Å². The first-order valence-electron chi connectivity index (χ1n) is 5.14. The second-order valence-corrected chi connectivity index (χ2v) is 3.59. The quantitative estimate of drug-likeness (QED) is 0.706. The van der Waals surface area contributed by atoms with Crippen LogP contribution in [0, 0.1) is 0 Å². The fraction of sp³-hybridized carbons (Fsp3) is 0.273. The van der Waals surface area contributed by atoms with Gasteiger partial charge in [-0.3, -0.25) is 4.79 Å². The highest BCUT2D eigenvalue weighted by Gasteiger charge is 2.40. The third-order valence-electron chi connectivity index (χ3n) is 2.51. The minimum absolute atomic E-state index is 0.133. The van der Waals surface area contributed by atoms with Gasteiger partial charge in [0.2, 0.25) is 0 Å². The minimum Gasteiger partial charge on any atom is -0.449 e. The van der Waals surface area contributed by atoms with Gasteiger partial charge in [0.15, 0.2) is 6.23 Å². The second-order valence-electron chi connectivity index (χ2n) is 3.59. The topological polar surface area (TPSA) is 92.9 Å². The van der Waals surface area contributed by atoms with Crippen LogP contribution in [0.25, 0.3) is 0 Å². The van der Waals surface area contributed by atoms with Crippen molar-refractivity contribution in [3.05, 3.63) is 29.3 Å². The van der Waals surface area contributed by atoms with E-state index in [2.05, 4.69) is 0 Å². The van der Waals surface area contributed by atoms with Crippen LogP contribution in [-0.4, -0.2) is 28.6 Å². The zero-order chi connectivity index (χ0) is 12.6. The van der Waals surface area contributed by atoms with Crippen LogP contribution < -0.4 is 5.73 Å². The number of amides is 2. The van der Waals surface area contributed by atoms with Crippen molar-refractivity contribution in [2.24, 2.45) is 0 Å². The van der Waals surface area contributed by atoms with Crippen molar-refractivity contribution >= 4 is 17.7 Å². The molecular weight excluding hydrogens is 224 g/mol. The summed E-state index contributed by atoms with van der Waals surface area (Å²) in [4.78, 5) is 24.1. The molecule has 6 heteroatoms. The van der Waals surface area contributed by atoms with Crippen molar-refractivity contribution in [2.75, 3.05) is 12.3 Å². The Bertz CT molecular complexity index is 486. The van der Waals surface area contributed by atoms with E-state index in [-0.39, 0.29) is 12.2 Å². The van der Waals surface area contributed by atoms with E-state index in [4.69, 9.17) is 10.5 Å². The molecule has 1 aromatic carbocycles. The Morgan fingerprint density at radius 2 is 2.29 bits per heavy atom. The van der Waals surface area contributed by atoms with Crippen molar-refractivity contribution in [3.63, 3.8) is 0 Å². The van der Waals surface area contributed by atoms with E-state index in [0.717, 1.165) is 0 Å². The average molecular weight is 236 g/mol. The maximum absolute atomic E-state index is 11.9. The third kappa shape index (κ3) is 1.72. The van der Waals surface area contributed by atoms with Gasteiger partial charge in [0.25, 0.3) is 5.91 Å². The van der Waals surface area contributed by atoms with E-state index in [9.17, 15) is 14.7 Å². The van der Waals surface area contributed by atoms with Crippen LogP contribution in [-0.2, 0) is 4.74 Å². The molecule has 2 rings (SSSR count). The molecule has 17 heavy (non-hydrogen) atoms. The van der Waals surface area contributed by atoms with E-state index >= 15 is 0 Å². The van der Waals surface area contributed by atoms with Gasteiger partial charge >= 0.3 is 6.09 Å². The van der Waals surface area contributed by atoms with Gasteiger partial charge in [-0.15, -0.1) is 0 Å². The van der Waals surface area contributed by atoms with E-state index in [1.54, 1.807) is 13.0 Å². The molecule has 1 aromatic rings. The number of aliphatic hydroxyl groups is 1. The molecule has 6 nitrogen and oxygen atoms in total. The number of carbonyl (C=O) groups is 2. The fourth-order valence-corrected chi connectivity index (χ4v) is 1.74. The van der Waals surface area contributed by atoms with Gasteiger partial charge in [-0.25, -0.2) is 9.69 Å². The van der Waals surface area contributed by atoms with Gasteiger partial charge in [-0.2, -0.15) is 0 Å². The Labute approximate surface area is 97.6 Å². The molecule has 90 valence electrons. The summed E-state index contributed by atoms with van der Waals surface area (Å²) in [5, 5.41) is 9.86. The van der Waals surface area contributed by atoms with Gasteiger partial charge in [-0.05, 0) is 19.1 Å². The Kier molecular flexibility index (Phi) is 2.72. The molecule has 3 N–H and O–H groups in total. The van der Waals surface area contributed by atoms with Crippen molar-refractivity contribution in [1.29, 1.82) is 0 Å². The molecule has 0 aliphatic carbocycles. The number of hydrogen-bond acceptors (Lipinski definition) is 5. The summed E-state index contributed by atoms with van der Waals surface area (Å²) in [6.45, 7) is 1.75. The molecule has 2 amide bonds. The Hall–Kier alpha value is -2.08. The third-order valence-corrected chi connectivity index (χ3v) is 2.51. The molecule has 1 atom stereocenters. The number of rotatable bonds is 1. The van der Waals surface area contributed by atoms with Gasteiger partial charge < -0.3 is 15.6 Å². The van der Waals surface area contributed by atoms with Crippen LogP contribution in [0.4, 0.5) is 10.5 Å². The molecule has 0 bridgehead atoms. The van der Waals surface area contributed by atoms with Crippen molar-refractivity contribution in [1.82, 2.24) is 4.90 Å². The average Bonchev–Trinajstić information content (AvgIpc) is 2.52. The largest absolute Gasteiger partial charge is 0.449 e. The lowest BCUT2D eigenvalue weighted by atomic mass is 10.1. The summed E-state index contributed by atoms with van der Waals surface area (Å²) in [5.41, 5.74) is 6.53. The first-order valence-corrected chi connectivity index (χ1v) is 5.14. The summed E-state index contributed by atoms with van der Waals surface area (Å²) < 4.78 is 4.70. The zero-order valence-electron chi connectivity index (χ0n) is 9.21. The SMILES string of the molecule is CCOC(=O)N1C(=O)c2cc(N)ccc2C1O. The number of fused-ring (bicyclic) bond motifs is 1. The number of carbonyl (C=O) groups excluding carboxylic acids is 2. The molecule has 1 heterocycles. The number of nitrogens with zero attached hydrogens (tertiary/aromatic N) is 1. The van der Waals surface area contributed by atoms with Crippen LogP contribution in [0.5, 0.6) is 0 Å². The second kappa shape index (κ2) is 4.06. The smallest absolute Gasteiger partial charge is 0.419 e. The van der Waals surface area contributed by atoms with E-state index < -0.39 is 18.2 Å². The van der Waals surface area contributed by atoms with Crippen molar-refractivity contribution < 1.29 is 19.4 Å².